The molecule has 4 nitrogen and oxygen atoms in total. The second kappa shape index (κ2) is 1.70. The Bertz CT molecular complexity index is 355. The Balaban J connectivity index is 2.86. The van der Waals surface area contributed by atoms with Crippen molar-refractivity contribution in [2.45, 2.75) is 0 Å². The molecule has 0 aliphatic carbocycles. The van der Waals surface area contributed by atoms with Gasteiger partial charge in [-0.05, 0) is 6.07 Å². The van der Waals surface area contributed by atoms with Gasteiger partial charge in [-0.25, -0.2) is 0 Å². The summed E-state index contributed by atoms with van der Waals surface area (Å²) in [5, 5.41) is 8.30. The molecule has 0 fully saturated rings. The fraction of sp³-hybridized carbons (Fsp3) is 0. The topological polar surface area (TPSA) is 64.9 Å². The van der Waals surface area contributed by atoms with Gasteiger partial charge in [-0.2, -0.15) is 0 Å². The first-order valence-electron chi connectivity index (χ1n) is 2.81. The van der Waals surface area contributed by atoms with Gasteiger partial charge in [0, 0.05) is 5.39 Å². The number of aromatic nitrogens is 2. The maximum Gasteiger partial charge on any atom is 0.146 e. The number of hydrogen-bond acceptors (Lipinski definition) is 4. The van der Waals surface area contributed by atoms with Gasteiger partial charge in [0.1, 0.15) is 17.6 Å². The molecule has 50 valence electrons. The standard InChI is InChI=1S/C6H5N3O/c7-6-1-4-2-10-3-5(4)8-9-6/h1-3H,7H2. The van der Waals surface area contributed by atoms with Gasteiger partial charge in [-0.15, -0.1) is 10.2 Å². The number of nitrogen functional groups attached to an aromatic ring is 1. The number of furan rings is 1. The molecule has 0 saturated carbocycles. The molecule has 2 heterocycles. The smallest absolute Gasteiger partial charge is 0.146 e. The highest BCUT2D eigenvalue weighted by Gasteiger charge is 1.96. The van der Waals surface area contributed by atoms with E-state index in [4.69, 9.17) is 10.2 Å². The molecule has 0 aliphatic rings. The monoisotopic (exact) mass is 135 g/mol. The van der Waals surface area contributed by atoms with Crippen LogP contribution in [0.2, 0.25) is 0 Å². The molecule has 2 aromatic heterocycles. The summed E-state index contributed by atoms with van der Waals surface area (Å²) in [6.07, 6.45) is 3.11. The maximum atomic E-state index is 5.37. The van der Waals surface area contributed by atoms with Crippen molar-refractivity contribution < 1.29 is 4.42 Å². The molecule has 0 saturated heterocycles. The molecular formula is C6H5N3O. The lowest BCUT2D eigenvalue weighted by Crippen LogP contribution is -1.90. The lowest BCUT2D eigenvalue weighted by Gasteiger charge is -1.86. The summed E-state index contributed by atoms with van der Waals surface area (Å²) < 4.78 is 4.86. The van der Waals surface area contributed by atoms with Crippen LogP contribution in [0.4, 0.5) is 5.82 Å². The van der Waals surface area contributed by atoms with Crippen molar-refractivity contribution in [2.75, 3.05) is 5.73 Å². The highest BCUT2D eigenvalue weighted by Crippen LogP contribution is 2.12. The average molecular weight is 135 g/mol. The van der Waals surface area contributed by atoms with E-state index in [2.05, 4.69) is 10.2 Å². The van der Waals surface area contributed by atoms with Gasteiger partial charge < -0.3 is 10.2 Å². The number of rotatable bonds is 0. The minimum absolute atomic E-state index is 0.411. The first kappa shape index (κ1) is 5.22. The largest absolute Gasteiger partial charge is 0.470 e. The molecule has 2 aromatic rings. The molecule has 4 heteroatoms. The molecule has 0 spiro atoms. The first-order valence-corrected chi connectivity index (χ1v) is 2.81. The van der Waals surface area contributed by atoms with Gasteiger partial charge in [-0.1, -0.05) is 0 Å². The maximum absolute atomic E-state index is 5.37. The highest BCUT2D eigenvalue weighted by molar-refractivity contribution is 5.78. The Morgan fingerprint density at radius 1 is 1.30 bits per heavy atom. The van der Waals surface area contributed by atoms with E-state index in [9.17, 15) is 0 Å². The van der Waals surface area contributed by atoms with Crippen molar-refractivity contribution >= 4 is 16.7 Å². The molecule has 0 radical (unpaired) electrons. The molecule has 2 rings (SSSR count). The van der Waals surface area contributed by atoms with Crippen LogP contribution in [-0.2, 0) is 0 Å². The van der Waals surface area contributed by atoms with Crippen LogP contribution in [0, 0.1) is 0 Å². The van der Waals surface area contributed by atoms with Crippen molar-refractivity contribution in [1.29, 1.82) is 0 Å². The van der Waals surface area contributed by atoms with Gasteiger partial charge in [0.25, 0.3) is 0 Å². The van der Waals surface area contributed by atoms with Crippen molar-refractivity contribution in [3.05, 3.63) is 18.6 Å². The highest BCUT2D eigenvalue weighted by atomic mass is 16.3. The zero-order chi connectivity index (χ0) is 6.97. The van der Waals surface area contributed by atoms with Gasteiger partial charge in [-0.3, -0.25) is 0 Å². The predicted octanol–water partition coefficient (Wildman–Crippen LogP) is 0.805. The summed E-state index contributed by atoms with van der Waals surface area (Å²) in [6.45, 7) is 0. The molecule has 0 bridgehead atoms. The number of anilines is 1. The second-order valence-corrected chi connectivity index (χ2v) is 1.98. The normalized spacial score (nSPS) is 10.4. The summed E-state index contributed by atoms with van der Waals surface area (Å²) in [4.78, 5) is 0. The number of fused-ring (bicyclic) bond motifs is 1. The van der Waals surface area contributed by atoms with E-state index >= 15 is 0 Å². The molecule has 0 aliphatic heterocycles. The second-order valence-electron chi connectivity index (χ2n) is 1.98. The van der Waals surface area contributed by atoms with Crippen molar-refractivity contribution in [3.8, 4) is 0 Å². The fourth-order valence-corrected chi connectivity index (χ4v) is 0.789. The van der Waals surface area contributed by atoms with E-state index in [1.807, 2.05) is 0 Å². The quantitative estimate of drug-likeness (QED) is 0.580. The summed E-state index contributed by atoms with van der Waals surface area (Å²) >= 11 is 0. The third-order valence-corrected chi connectivity index (χ3v) is 1.25. The van der Waals surface area contributed by atoms with Gasteiger partial charge in [0.05, 0.1) is 6.26 Å². The van der Waals surface area contributed by atoms with Crippen LogP contribution in [0.15, 0.2) is 23.0 Å². The first-order chi connectivity index (χ1) is 4.86. The van der Waals surface area contributed by atoms with Crippen molar-refractivity contribution in [2.24, 2.45) is 0 Å². The van der Waals surface area contributed by atoms with Crippen LogP contribution in [-0.4, -0.2) is 10.2 Å². The van der Waals surface area contributed by atoms with Crippen LogP contribution in [0.5, 0.6) is 0 Å². The fourth-order valence-electron chi connectivity index (χ4n) is 0.789. The minimum Gasteiger partial charge on any atom is -0.470 e. The van der Waals surface area contributed by atoms with Crippen LogP contribution in [0.25, 0.3) is 10.9 Å². The van der Waals surface area contributed by atoms with E-state index in [1.165, 1.54) is 6.26 Å². The Morgan fingerprint density at radius 3 is 3.10 bits per heavy atom. The van der Waals surface area contributed by atoms with Crippen LogP contribution in [0.3, 0.4) is 0 Å². The Hall–Kier alpha value is -1.58. The van der Waals surface area contributed by atoms with Gasteiger partial charge in [0.2, 0.25) is 0 Å². The Labute approximate surface area is 56.7 Å². The summed E-state index contributed by atoms with van der Waals surface area (Å²) in [5.41, 5.74) is 6.10. The Morgan fingerprint density at radius 2 is 2.20 bits per heavy atom. The van der Waals surface area contributed by atoms with Crippen LogP contribution < -0.4 is 5.73 Å². The molecular weight excluding hydrogens is 130 g/mol. The number of nitrogens with zero attached hydrogens (tertiary/aromatic N) is 2. The third-order valence-electron chi connectivity index (χ3n) is 1.25. The minimum atomic E-state index is 0.411. The van der Waals surface area contributed by atoms with Crippen molar-refractivity contribution in [3.63, 3.8) is 0 Å². The van der Waals surface area contributed by atoms with Gasteiger partial charge >= 0.3 is 0 Å². The van der Waals surface area contributed by atoms with E-state index in [0.717, 1.165) is 10.9 Å². The summed E-state index contributed by atoms with van der Waals surface area (Å²) in [5.74, 6) is 0.411. The van der Waals surface area contributed by atoms with E-state index in [-0.39, 0.29) is 0 Å². The molecule has 2 N–H and O–H groups in total. The van der Waals surface area contributed by atoms with Crippen molar-refractivity contribution in [1.82, 2.24) is 10.2 Å². The zero-order valence-corrected chi connectivity index (χ0v) is 5.11. The predicted molar refractivity (Wildman–Crippen MR) is 36.2 cm³/mol. The van der Waals surface area contributed by atoms with E-state index in [0.29, 0.717) is 5.82 Å². The average Bonchev–Trinajstić information content (AvgIpc) is 2.33. The number of hydrogen-bond donors (Lipinski definition) is 1. The Kier molecular flexibility index (Phi) is 0.887. The number of nitrogens with two attached hydrogens (primary N) is 1. The molecule has 0 amide bonds. The zero-order valence-electron chi connectivity index (χ0n) is 5.11. The van der Waals surface area contributed by atoms with E-state index in [1.54, 1.807) is 12.3 Å². The lowest BCUT2D eigenvalue weighted by atomic mass is 10.3. The van der Waals surface area contributed by atoms with E-state index < -0.39 is 0 Å². The van der Waals surface area contributed by atoms with Crippen LogP contribution in [0.1, 0.15) is 0 Å². The lowest BCUT2D eigenvalue weighted by molar-refractivity contribution is 0.571. The SMILES string of the molecule is Nc1cc2cocc2nn1. The third kappa shape index (κ3) is 0.621. The summed E-state index contributed by atoms with van der Waals surface area (Å²) in [7, 11) is 0. The van der Waals surface area contributed by atoms with Gasteiger partial charge in [0.15, 0.2) is 0 Å². The summed E-state index contributed by atoms with van der Waals surface area (Å²) in [6, 6.07) is 1.71. The van der Waals surface area contributed by atoms with Crippen LogP contribution >= 0.6 is 0 Å². The molecule has 10 heavy (non-hydrogen) atoms. The molecule has 0 atom stereocenters. The molecule has 0 aromatic carbocycles. The molecule has 0 unspecified atom stereocenters.